The maximum Gasteiger partial charge on any atom is 0.321 e. The molecule has 0 amide bonds. The zero-order valence-electron chi connectivity index (χ0n) is 23.0. The number of carboxylic acid groups (broad SMARTS) is 4. The van der Waals surface area contributed by atoms with Gasteiger partial charge in [0.1, 0.15) is 11.8 Å². The lowest BCUT2D eigenvalue weighted by atomic mass is 10.1. The molecule has 14 nitrogen and oxygen atoms in total. The summed E-state index contributed by atoms with van der Waals surface area (Å²) >= 11 is 0. The van der Waals surface area contributed by atoms with Crippen molar-refractivity contribution < 1.29 is 44.3 Å². The summed E-state index contributed by atoms with van der Waals surface area (Å²) in [4.78, 5) is 57.8. The average molecular weight is 568 g/mol. The fourth-order valence-electron chi connectivity index (χ4n) is 4.43. The predicted molar refractivity (Wildman–Crippen MR) is 144 cm³/mol. The third-order valence-corrected chi connectivity index (χ3v) is 6.64. The second kappa shape index (κ2) is 17.4. The summed E-state index contributed by atoms with van der Waals surface area (Å²) in [5.41, 5.74) is 0.551. The van der Waals surface area contributed by atoms with Gasteiger partial charge in [0.25, 0.3) is 0 Å². The van der Waals surface area contributed by atoms with E-state index in [4.69, 9.17) is 4.74 Å². The molecule has 0 aliphatic carbocycles. The Labute approximate surface area is 233 Å². The Morgan fingerprint density at radius 3 is 1.65 bits per heavy atom. The van der Waals surface area contributed by atoms with Crippen LogP contribution in [0.1, 0.15) is 25.5 Å². The quantitative estimate of drug-likeness (QED) is 0.215. The zero-order valence-corrected chi connectivity index (χ0v) is 23.0. The van der Waals surface area contributed by atoms with Crippen LogP contribution in [0, 0.1) is 0 Å². The monoisotopic (exact) mass is 567 g/mol. The number of hydrogen-bond acceptors (Lipinski definition) is 10. The van der Waals surface area contributed by atoms with Crippen molar-refractivity contribution in [2.75, 3.05) is 78.6 Å². The Morgan fingerprint density at radius 2 is 1.27 bits per heavy atom. The van der Waals surface area contributed by atoms with Crippen LogP contribution in [-0.4, -0.2) is 154 Å². The molecule has 0 aromatic carbocycles. The molecule has 0 spiro atoms. The van der Waals surface area contributed by atoms with Crippen molar-refractivity contribution in [2.45, 2.75) is 32.2 Å². The minimum atomic E-state index is -1.07. The predicted octanol–water partition coefficient (Wildman–Crippen LogP) is -0.268. The number of hydrogen-bond donors (Lipinski definition) is 4. The molecule has 1 atom stereocenters. The van der Waals surface area contributed by atoms with Crippen LogP contribution in [0.5, 0.6) is 5.75 Å². The molecule has 14 heteroatoms. The first kappa shape index (κ1) is 32.9. The van der Waals surface area contributed by atoms with Crippen LogP contribution in [-0.2, 0) is 25.6 Å². The van der Waals surface area contributed by atoms with E-state index >= 15 is 0 Å². The maximum absolute atomic E-state index is 12.4. The van der Waals surface area contributed by atoms with Crippen molar-refractivity contribution in [2.24, 2.45) is 0 Å². The van der Waals surface area contributed by atoms with Gasteiger partial charge in [-0.1, -0.05) is 13.3 Å². The number of unbranched alkanes of at least 4 members (excludes halogenated alkanes) is 1. The van der Waals surface area contributed by atoms with E-state index in [0.29, 0.717) is 18.1 Å². The summed E-state index contributed by atoms with van der Waals surface area (Å²) in [7, 11) is 0. The van der Waals surface area contributed by atoms with E-state index in [-0.39, 0.29) is 78.4 Å². The van der Waals surface area contributed by atoms with Crippen LogP contribution >= 0.6 is 0 Å². The van der Waals surface area contributed by atoms with E-state index in [0.717, 1.165) is 12.8 Å². The van der Waals surface area contributed by atoms with Gasteiger partial charge in [-0.15, -0.1) is 0 Å². The Bertz CT molecular complexity index is 930. The van der Waals surface area contributed by atoms with E-state index in [1.807, 2.05) is 0 Å². The van der Waals surface area contributed by atoms with Crippen molar-refractivity contribution in [1.82, 2.24) is 24.6 Å². The fourth-order valence-corrected chi connectivity index (χ4v) is 4.43. The van der Waals surface area contributed by atoms with Crippen LogP contribution in [0.3, 0.4) is 0 Å². The average Bonchev–Trinajstić information content (AvgIpc) is 2.87. The molecule has 1 aliphatic rings. The van der Waals surface area contributed by atoms with E-state index in [2.05, 4.69) is 11.9 Å². The number of carboxylic acids is 4. The van der Waals surface area contributed by atoms with Crippen LogP contribution in [0.4, 0.5) is 0 Å². The Balaban J connectivity index is 2.24. The van der Waals surface area contributed by atoms with Gasteiger partial charge in [-0.05, 0) is 18.6 Å². The van der Waals surface area contributed by atoms with E-state index in [9.17, 15) is 39.6 Å². The molecule has 2 rings (SSSR count). The van der Waals surface area contributed by atoms with Gasteiger partial charge in [-0.2, -0.15) is 0 Å². The molecule has 0 radical (unpaired) electrons. The van der Waals surface area contributed by atoms with Gasteiger partial charge >= 0.3 is 23.9 Å². The van der Waals surface area contributed by atoms with Gasteiger partial charge in [0.15, 0.2) is 0 Å². The summed E-state index contributed by atoms with van der Waals surface area (Å²) in [6.07, 6.45) is 3.56. The Hall–Kier alpha value is -3.33. The van der Waals surface area contributed by atoms with Gasteiger partial charge in [0.2, 0.25) is 0 Å². The second-order valence-corrected chi connectivity index (χ2v) is 9.79. The van der Waals surface area contributed by atoms with Crippen molar-refractivity contribution in [3.8, 4) is 5.75 Å². The molecule has 4 N–H and O–H groups in total. The van der Waals surface area contributed by atoms with Crippen molar-refractivity contribution >= 4 is 23.9 Å². The third-order valence-electron chi connectivity index (χ3n) is 6.64. The normalized spacial score (nSPS) is 17.8. The zero-order chi connectivity index (χ0) is 29.5. The molecule has 1 unspecified atom stereocenters. The first-order valence-electron chi connectivity index (χ1n) is 13.4. The minimum absolute atomic E-state index is 0.0921. The molecule has 0 bridgehead atoms. The van der Waals surface area contributed by atoms with Gasteiger partial charge < -0.3 is 25.2 Å². The van der Waals surface area contributed by atoms with E-state index in [1.54, 1.807) is 37.9 Å². The van der Waals surface area contributed by atoms with Crippen LogP contribution in [0.25, 0.3) is 0 Å². The Kier molecular flexibility index (Phi) is 14.3. The van der Waals surface area contributed by atoms with Crippen LogP contribution in [0.2, 0.25) is 0 Å². The molecular weight excluding hydrogens is 526 g/mol. The highest BCUT2D eigenvalue weighted by molar-refractivity contribution is 5.74. The molecule has 1 aromatic heterocycles. The van der Waals surface area contributed by atoms with Gasteiger partial charge in [-0.3, -0.25) is 43.8 Å². The fraction of sp³-hybridized carbons (Fsp3) is 0.654. The number of rotatable bonds is 14. The SMILES string of the molecule is CCCCOc1ccc(CC(C(=O)O)N2CCN(CC(=O)O)CCN(CC(=O)O)CCN(CC(=O)O)CC2)nc1. The van der Waals surface area contributed by atoms with Crippen LogP contribution < -0.4 is 4.74 Å². The van der Waals surface area contributed by atoms with Gasteiger partial charge in [0.05, 0.1) is 32.4 Å². The second-order valence-electron chi connectivity index (χ2n) is 9.79. The third kappa shape index (κ3) is 12.7. The number of ether oxygens (including phenoxy) is 1. The topological polar surface area (TPSA) is 184 Å². The first-order chi connectivity index (χ1) is 19.1. The number of pyridine rings is 1. The molecule has 224 valence electrons. The molecule has 1 saturated heterocycles. The highest BCUT2D eigenvalue weighted by Crippen LogP contribution is 2.14. The maximum atomic E-state index is 12.4. The first-order valence-corrected chi connectivity index (χ1v) is 13.4. The summed E-state index contributed by atoms with van der Waals surface area (Å²) in [5, 5.41) is 38.2. The Morgan fingerprint density at radius 1 is 0.800 bits per heavy atom. The summed E-state index contributed by atoms with van der Waals surface area (Å²) < 4.78 is 5.63. The number of aliphatic carboxylic acids is 4. The van der Waals surface area contributed by atoms with Crippen molar-refractivity contribution in [3.05, 3.63) is 24.0 Å². The van der Waals surface area contributed by atoms with Crippen LogP contribution in [0.15, 0.2) is 18.3 Å². The molecule has 1 fully saturated rings. The lowest BCUT2D eigenvalue weighted by molar-refractivity contribution is -0.144. The van der Waals surface area contributed by atoms with E-state index in [1.165, 1.54) is 0 Å². The summed E-state index contributed by atoms with van der Waals surface area (Å²) in [6, 6.07) is 2.49. The molecule has 1 aromatic rings. The number of nitrogens with zero attached hydrogens (tertiary/aromatic N) is 5. The standard InChI is InChI=1S/C26H41N5O9/c1-2-3-14-40-21-5-4-20(27-16-21)15-22(26(38)39)31-12-10-29(18-24(34)35)8-6-28(17-23(32)33)7-9-30(11-13-31)19-25(36)37/h4-5,16,22H,2-3,6-15,17-19H2,1H3,(H,32,33)(H,34,35)(H,36,37)(H,38,39). The lowest BCUT2D eigenvalue weighted by Crippen LogP contribution is -2.52. The molecular formula is C26H41N5O9. The smallest absolute Gasteiger partial charge is 0.321 e. The lowest BCUT2D eigenvalue weighted by Gasteiger charge is -2.35. The summed E-state index contributed by atoms with van der Waals surface area (Å²) in [5.74, 6) is -3.60. The highest BCUT2D eigenvalue weighted by atomic mass is 16.5. The van der Waals surface area contributed by atoms with Gasteiger partial charge in [-0.25, -0.2) is 0 Å². The molecule has 40 heavy (non-hydrogen) atoms. The molecule has 0 saturated carbocycles. The minimum Gasteiger partial charge on any atom is -0.492 e. The number of aromatic nitrogens is 1. The van der Waals surface area contributed by atoms with Crippen molar-refractivity contribution in [1.29, 1.82) is 0 Å². The van der Waals surface area contributed by atoms with E-state index < -0.39 is 29.9 Å². The molecule has 2 heterocycles. The molecule has 1 aliphatic heterocycles. The number of carbonyl (C=O) groups is 4. The van der Waals surface area contributed by atoms with Crippen molar-refractivity contribution in [3.63, 3.8) is 0 Å². The largest absolute Gasteiger partial charge is 0.492 e. The summed E-state index contributed by atoms with van der Waals surface area (Å²) in [6.45, 7) is 3.73. The van der Waals surface area contributed by atoms with Gasteiger partial charge in [0, 0.05) is 64.5 Å². The highest BCUT2D eigenvalue weighted by Gasteiger charge is 2.28.